The van der Waals surface area contributed by atoms with Gasteiger partial charge in [0.05, 0.1) is 5.54 Å². The van der Waals surface area contributed by atoms with Crippen molar-refractivity contribution < 1.29 is 22.8 Å². The summed E-state index contributed by atoms with van der Waals surface area (Å²) in [7, 11) is 0. The molecule has 0 saturated heterocycles. The highest BCUT2D eigenvalue weighted by Gasteiger charge is 2.36. The Morgan fingerprint density at radius 1 is 1.27 bits per heavy atom. The van der Waals surface area contributed by atoms with Gasteiger partial charge in [0.25, 0.3) is 5.91 Å². The number of aromatic nitrogens is 1. The number of rotatable bonds is 7. The zero-order chi connectivity index (χ0) is 19.2. The van der Waals surface area contributed by atoms with Crippen molar-refractivity contribution in [3.05, 3.63) is 29.6 Å². The van der Waals surface area contributed by atoms with E-state index in [1.54, 1.807) is 25.3 Å². The lowest BCUT2D eigenvalue weighted by molar-refractivity contribution is -0.137. The smallest absolute Gasteiger partial charge is 0.354 e. The van der Waals surface area contributed by atoms with Crippen LogP contribution in [-0.4, -0.2) is 35.1 Å². The van der Waals surface area contributed by atoms with Crippen molar-refractivity contribution in [3.63, 3.8) is 0 Å². The van der Waals surface area contributed by atoms with Gasteiger partial charge in [0.2, 0.25) is 5.91 Å². The number of nitrogens with zero attached hydrogens (tertiary/aromatic N) is 1. The van der Waals surface area contributed by atoms with Gasteiger partial charge < -0.3 is 10.6 Å². The summed E-state index contributed by atoms with van der Waals surface area (Å²) in [6, 6.07) is 3.31. The number of carbonyl (C=O) groups excluding carboxylic acids is 2. The van der Waals surface area contributed by atoms with Crippen molar-refractivity contribution >= 4 is 11.8 Å². The molecule has 0 aliphatic heterocycles. The summed E-state index contributed by atoms with van der Waals surface area (Å²) in [5.41, 5.74) is 0.685. The van der Waals surface area contributed by atoms with Crippen LogP contribution in [0.25, 0.3) is 0 Å². The van der Waals surface area contributed by atoms with E-state index >= 15 is 0 Å². The van der Waals surface area contributed by atoms with E-state index in [-0.39, 0.29) is 25.3 Å². The third kappa shape index (κ3) is 6.31. The van der Waals surface area contributed by atoms with E-state index < -0.39 is 24.0 Å². The van der Waals surface area contributed by atoms with Gasteiger partial charge in [-0.15, -0.1) is 0 Å². The van der Waals surface area contributed by atoms with E-state index in [0.29, 0.717) is 5.56 Å². The number of aryl methyl sites for hydroxylation is 1. The van der Waals surface area contributed by atoms with Crippen LogP contribution in [0.4, 0.5) is 13.2 Å². The highest BCUT2D eigenvalue weighted by molar-refractivity contribution is 5.94. The van der Waals surface area contributed by atoms with E-state index in [4.69, 9.17) is 0 Å². The molecule has 1 aliphatic carbocycles. The predicted molar refractivity (Wildman–Crippen MR) is 90.6 cm³/mol. The Morgan fingerprint density at radius 2 is 1.96 bits per heavy atom. The number of alkyl halides is 3. The molecule has 1 fully saturated rings. The van der Waals surface area contributed by atoms with E-state index in [1.807, 2.05) is 0 Å². The summed E-state index contributed by atoms with van der Waals surface area (Å²) in [4.78, 5) is 28.4. The van der Waals surface area contributed by atoms with Gasteiger partial charge in [-0.3, -0.25) is 14.6 Å². The standard InChI is InChI=1S/C18H24F3N3O2/c1-13-11-14(6-10-22-13)16(26)24-17(7-2-3-8-17)12-23-15(25)5-4-9-18(19,20)21/h6,10-11H,2-5,7-9,12H2,1H3,(H,23,25)(H,24,26). The normalized spacial score (nSPS) is 16.3. The summed E-state index contributed by atoms with van der Waals surface area (Å²) in [5, 5.41) is 5.70. The Hall–Kier alpha value is -2.12. The quantitative estimate of drug-likeness (QED) is 0.773. The molecular weight excluding hydrogens is 347 g/mol. The zero-order valence-electron chi connectivity index (χ0n) is 14.8. The molecule has 2 rings (SSSR count). The Kier molecular flexibility index (Phi) is 6.61. The van der Waals surface area contributed by atoms with E-state index in [1.165, 1.54) is 0 Å². The van der Waals surface area contributed by atoms with Crippen LogP contribution < -0.4 is 10.6 Å². The third-order valence-corrected chi connectivity index (χ3v) is 4.59. The van der Waals surface area contributed by atoms with Gasteiger partial charge in [-0.1, -0.05) is 12.8 Å². The average Bonchev–Trinajstić information content (AvgIpc) is 3.00. The first-order chi connectivity index (χ1) is 12.2. The van der Waals surface area contributed by atoms with Gasteiger partial charge in [0, 0.05) is 36.8 Å². The molecule has 0 atom stereocenters. The average molecular weight is 371 g/mol. The molecular formula is C18H24F3N3O2. The monoisotopic (exact) mass is 371 g/mol. The maximum atomic E-state index is 12.5. The summed E-state index contributed by atoms with van der Waals surface area (Å²) in [6.07, 6.45) is -0.740. The molecule has 1 heterocycles. The number of amides is 2. The summed E-state index contributed by atoms with van der Waals surface area (Å²) in [5.74, 6) is -0.654. The van der Waals surface area contributed by atoms with Crippen LogP contribution in [0.3, 0.4) is 0 Å². The van der Waals surface area contributed by atoms with Gasteiger partial charge in [0.1, 0.15) is 0 Å². The number of halogens is 3. The molecule has 0 radical (unpaired) electrons. The van der Waals surface area contributed by atoms with Gasteiger partial charge >= 0.3 is 6.18 Å². The number of pyridine rings is 1. The highest BCUT2D eigenvalue weighted by Crippen LogP contribution is 2.29. The van der Waals surface area contributed by atoms with Crippen LogP contribution in [0.1, 0.15) is 61.0 Å². The molecule has 0 bridgehead atoms. The lowest BCUT2D eigenvalue weighted by atomic mass is 9.96. The summed E-state index contributed by atoms with van der Waals surface area (Å²) < 4.78 is 36.4. The first kappa shape index (κ1) is 20.2. The second-order valence-corrected chi connectivity index (χ2v) is 6.87. The summed E-state index contributed by atoms with van der Waals surface area (Å²) >= 11 is 0. The highest BCUT2D eigenvalue weighted by atomic mass is 19.4. The van der Waals surface area contributed by atoms with Crippen LogP contribution >= 0.6 is 0 Å². The van der Waals surface area contributed by atoms with Crippen molar-refractivity contribution in [2.45, 2.75) is 63.6 Å². The Labute approximate surface area is 150 Å². The number of hydrogen-bond donors (Lipinski definition) is 2. The van der Waals surface area contributed by atoms with Crippen LogP contribution in [0, 0.1) is 6.92 Å². The second-order valence-electron chi connectivity index (χ2n) is 6.87. The van der Waals surface area contributed by atoms with Crippen molar-refractivity contribution in [2.75, 3.05) is 6.54 Å². The minimum atomic E-state index is -4.25. The fourth-order valence-electron chi connectivity index (χ4n) is 3.20. The van der Waals surface area contributed by atoms with Crippen LogP contribution in [0.2, 0.25) is 0 Å². The molecule has 8 heteroatoms. The molecule has 1 aliphatic rings. The Bertz CT molecular complexity index is 641. The molecule has 1 aromatic heterocycles. The molecule has 2 amide bonds. The molecule has 1 aromatic rings. The molecule has 26 heavy (non-hydrogen) atoms. The first-order valence-electron chi connectivity index (χ1n) is 8.78. The number of carbonyl (C=O) groups is 2. The number of hydrogen-bond acceptors (Lipinski definition) is 3. The lowest BCUT2D eigenvalue weighted by Gasteiger charge is -2.30. The largest absolute Gasteiger partial charge is 0.389 e. The fraction of sp³-hybridized carbons (Fsp3) is 0.611. The van der Waals surface area contributed by atoms with Gasteiger partial charge in [-0.05, 0) is 38.3 Å². The first-order valence-corrected chi connectivity index (χ1v) is 8.78. The SMILES string of the molecule is Cc1cc(C(=O)NC2(CNC(=O)CCCC(F)(F)F)CCCC2)ccn1. The lowest BCUT2D eigenvalue weighted by Crippen LogP contribution is -2.53. The van der Waals surface area contributed by atoms with Crippen molar-refractivity contribution in [2.24, 2.45) is 0 Å². The molecule has 144 valence electrons. The second kappa shape index (κ2) is 8.51. The van der Waals surface area contributed by atoms with E-state index in [9.17, 15) is 22.8 Å². The molecule has 0 aromatic carbocycles. The molecule has 0 unspecified atom stereocenters. The van der Waals surface area contributed by atoms with Gasteiger partial charge in [0.15, 0.2) is 0 Å². The van der Waals surface area contributed by atoms with Crippen molar-refractivity contribution in [3.8, 4) is 0 Å². The van der Waals surface area contributed by atoms with E-state index in [0.717, 1.165) is 31.4 Å². The Morgan fingerprint density at radius 3 is 2.58 bits per heavy atom. The van der Waals surface area contributed by atoms with Crippen molar-refractivity contribution in [1.29, 1.82) is 0 Å². The van der Waals surface area contributed by atoms with Crippen LogP contribution in [0.5, 0.6) is 0 Å². The molecule has 1 saturated carbocycles. The maximum absolute atomic E-state index is 12.5. The topological polar surface area (TPSA) is 71.1 Å². The predicted octanol–water partition coefficient (Wildman–Crippen LogP) is 3.28. The fourth-order valence-corrected chi connectivity index (χ4v) is 3.20. The molecule has 5 nitrogen and oxygen atoms in total. The molecule has 0 spiro atoms. The Balaban J connectivity index is 1.89. The minimum Gasteiger partial charge on any atom is -0.354 e. The van der Waals surface area contributed by atoms with Gasteiger partial charge in [-0.25, -0.2) is 0 Å². The minimum absolute atomic E-state index is 0.174. The van der Waals surface area contributed by atoms with Crippen LogP contribution in [0.15, 0.2) is 18.3 Å². The third-order valence-electron chi connectivity index (χ3n) is 4.59. The van der Waals surface area contributed by atoms with Gasteiger partial charge in [-0.2, -0.15) is 13.2 Å². The van der Waals surface area contributed by atoms with Crippen molar-refractivity contribution in [1.82, 2.24) is 15.6 Å². The zero-order valence-corrected chi connectivity index (χ0v) is 14.8. The van der Waals surface area contributed by atoms with Crippen LogP contribution in [-0.2, 0) is 4.79 Å². The molecule has 2 N–H and O–H groups in total. The van der Waals surface area contributed by atoms with E-state index in [2.05, 4.69) is 15.6 Å². The maximum Gasteiger partial charge on any atom is 0.389 e. The number of nitrogens with one attached hydrogen (secondary N) is 2. The summed E-state index contributed by atoms with van der Waals surface area (Å²) in [6.45, 7) is 2.02.